The lowest BCUT2D eigenvalue weighted by atomic mass is 9.97. The molecular weight excluding hydrogens is 360 g/mol. The number of aliphatic carboxylic acids is 1. The van der Waals surface area contributed by atoms with Crippen molar-refractivity contribution in [2.24, 2.45) is 5.92 Å². The number of nitrogens with zero attached hydrogens (tertiary/aromatic N) is 4. The Labute approximate surface area is 163 Å². The first-order valence-corrected chi connectivity index (χ1v) is 9.23. The summed E-state index contributed by atoms with van der Waals surface area (Å²) in [6.45, 7) is 2.70. The summed E-state index contributed by atoms with van der Waals surface area (Å²) in [5.41, 5.74) is 2.31. The molecule has 0 spiro atoms. The predicted octanol–water partition coefficient (Wildman–Crippen LogP) is 1.58. The maximum Gasteiger partial charge on any atom is 0.306 e. The fourth-order valence-electron chi connectivity index (χ4n) is 3.43. The van der Waals surface area contributed by atoms with Crippen LogP contribution in [-0.4, -0.2) is 69.2 Å². The van der Waals surface area contributed by atoms with Crippen LogP contribution in [-0.2, 0) is 9.59 Å². The summed E-state index contributed by atoms with van der Waals surface area (Å²) in [6.07, 6.45) is 4.43. The molecule has 1 aromatic heterocycles. The molecule has 1 fully saturated rings. The Morgan fingerprint density at radius 2 is 1.96 bits per heavy atom. The molecule has 1 N–H and O–H groups in total. The van der Waals surface area contributed by atoms with Gasteiger partial charge in [0.25, 0.3) is 5.91 Å². The van der Waals surface area contributed by atoms with Crippen molar-refractivity contribution in [3.63, 3.8) is 0 Å². The van der Waals surface area contributed by atoms with Gasteiger partial charge in [0.15, 0.2) is 0 Å². The number of carboxylic acids is 1. The van der Waals surface area contributed by atoms with Gasteiger partial charge in [0.05, 0.1) is 18.2 Å². The molecule has 0 bridgehead atoms. The maximum atomic E-state index is 12.7. The van der Waals surface area contributed by atoms with E-state index in [1.807, 2.05) is 25.3 Å². The van der Waals surface area contributed by atoms with Crippen molar-refractivity contribution < 1.29 is 19.5 Å². The van der Waals surface area contributed by atoms with E-state index in [0.29, 0.717) is 31.5 Å². The SMILES string of the molecule is Cc1cc(C(=O)N(C)CC(=O)N2CCC(C(=O)O)CC2)ccc1-n1cccn1. The summed E-state index contributed by atoms with van der Waals surface area (Å²) in [5.74, 6) is -1.60. The van der Waals surface area contributed by atoms with Crippen molar-refractivity contribution in [3.8, 4) is 5.69 Å². The van der Waals surface area contributed by atoms with Gasteiger partial charge >= 0.3 is 5.97 Å². The number of piperidine rings is 1. The van der Waals surface area contributed by atoms with Gasteiger partial charge in [-0.25, -0.2) is 4.68 Å². The Morgan fingerprint density at radius 3 is 2.54 bits per heavy atom. The Morgan fingerprint density at radius 1 is 1.25 bits per heavy atom. The highest BCUT2D eigenvalue weighted by Gasteiger charge is 2.28. The molecule has 8 nitrogen and oxygen atoms in total. The third kappa shape index (κ3) is 4.21. The topological polar surface area (TPSA) is 95.7 Å². The van der Waals surface area contributed by atoms with E-state index in [0.717, 1.165) is 11.3 Å². The minimum atomic E-state index is -0.812. The average Bonchev–Trinajstić information content (AvgIpc) is 3.21. The van der Waals surface area contributed by atoms with Gasteiger partial charge in [-0.1, -0.05) is 0 Å². The number of benzene rings is 1. The van der Waals surface area contributed by atoms with Crippen LogP contribution >= 0.6 is 0 Å². The second-order valence-corrected chi connectivity index (χ2v) is 7.11. The van der Waals surface area contributed by atoms with E-state index in [9.17, 15) is 14.4 Å². The monoisotopic (exact) mass is 384 g/mol. The Hall–Kier alpha value is -3.16. The van der Waals surface area contributed by atoms with E-state index in [-0.39, 0.29) is 24.3 Å². The fourth-order valence-corrected chi connectivity index (χ4v) is 3.43. The van der Waals surface area contributed by atoms with Gasteiger partial charge < -0.3 is 14.9 Å². The average molecular weight is 384 g/mol. The lowest BCUT2D eigenvalue weighted by Crippen LogP contribution is -2.45. The normalized spacial score (nSPS) is 14.7. The zero-order valence-corrected chi connectivity index (χ0v) is 16.0. The minimum Gasteiger partial charge on any atom is -0.481 e. The highest BCUT2D eigenvalue weighted by atomic mass is 16.4. The number of aromatic nitrogens is 2. The zero-order chi connectivity index (χ0) is 20.3. The number of carbonyl (C=O) groups is 3. The molecule has 0 radical (unpaired) electrons. The lowest BCUT2D eigenvalue weighted by molar-refractivity contribution is -0.145. The van der Waals surface area contributed by atoms with Gasteiger partial charge in [-0.15, -0.1) is 0 Å². The number of hydrogen-bond acceptors (Lipinski definition) is 4. The molecule has 28 heavy (non-hydrogen) atoms. The number of rotatable bonds is 5. The van der Waals surface area contributed by atoms with E-state index in [1.54, 1.807) is 35.0 Å². The molecule has 148 valence electrons. The summed E-state index contributed by atoms with van der Waals surface area (Å²) in [7, 11) is 1.60. The summed E-state index contributed by atoms with van der Waals surface area (Å²) in [6, 6.07) is 7.18. The van der Waals surface area contributed by atoms with Crippen LogP contribution in [0.15, 0.2) is 36.7 Å². The molecule has 2 amide bonds. The fraction of sp³-hybridized carbons (Fsp3) is 0.400. The zero-order valence-electron chi connectivity index (χ0n) is 16.0. The molecule has 2 aromatic rings. The second kappa shape index (κ2) is 8.24. The third-order valence-corrected chi connectivity index (χ3v) is 5.11. The molecule has 1 aliphatic rings. The Kier molecular flexibility index (Phi) is 5.77. The van der Waals surface area contributed by atoms with Gasteiger partial charge in [0.2, 0.25) is 5.91 Å². The molecule has 0 atom stereocenters. The van der Waals surface area contributed by atoms with E-state index < -0.39 is 5.97 Å². The van der Waals surface area contributed by atoms with Gasteiger partial charge in [0.1, 0.15) is 0 Å². The predicted molar refractivity (Wildman–Crippen MR) is 102 cm³/mol. The number of hydrogen-bond donors (Lipinski definition) is 1. The summed E-state index contributed by atoms with van der Waals surface area (Å²) in [5, 5.41) is 13.2. The summed E-state index contributed by atoms with van der Waals surface area (Å²) >= 11 is 0. The molecule has 1 saturated heterocycles. The number of aryl methyl sites for hydroxylation is 1. The molecule has 1 aromatic carbocycles. The number of carbonyl (C=O) groups excluding carboxylic acids is 2. The van der Waals surface area contributed by atoms with Crippen LogP contribution in [0.2, 0.25) is 0 Å². The Bertz CT molecular complexity index is 870. The van der Waals surface area contributed by atoms with Crippen molar-refractivity contribution in [2.45, 2.75) is 19.8 Å². The highest BCUT2D eigenvalue weighted by molar-refractivity contribution is 5.96. The van der Waals surface area contributed by atoms with Crippen molar-refractivity contribution >= 4 is 17.8 Å². The summed E-state index contributed by atoms with van der Waals surface area (Å²) < 4.78 is 1.73. The van der Waals surface area contributed by atoms with Crippen LogP contribution in [0, 0.1) is 12.8 Å². The maximum absolute atomic E-state index is 12.7. The molecule has 3 rings (SSSR count). The third-order valence-electron chi connectivity index (χ3n) is 5.11. The van der Waals surface area contributed by atoms with Crippen LogP contribution in [0.1, 0.15) is 28.8 Å². The standard InChI is InChI=1S/C20H24N4O4/c1-14-12-16(4-5-17(14)24-9-3-8-21-24)19(26)22(2)13-18(25)23-10-6-15(7-11-23)20(27)28/h3-5,8-9,12,15H,6-7,10-11,13H2,1-2H3,(H,27,28). The largest absolute Gasteiger partial charge is 0.481 e. The molecule has 0 aliphatic carbocycles. The van der Waals surface area contributed by atoms with Crippen molar-refractivity contribution in [3.05, 3.63) is 47.8 Å². The number of amides is 2. The van der Waals surface area contributed by atoms with Gasteiger partial charge in [-0.05, 0) is 49.6 Å². The van der Waals surface area contributed by atoms with Crippen LogP contribution in [0.4, 0.5) is 0 Å². The van der Waals surface area contributed by atoms with Crippen molar-refractivity contribution in [1.82, 2.24) is 19.6 Å². The Balaban J connectivity index is 1.61. The molecule has 0 saturated carbocycles. The molecule has 1 aliphatic heterocycles. The lowest BCUT2D eigenvalue weighted by Gasteiger charge is -2.31. The molecule has 0 unspecified atom stereocenters. The van der Waals surface area contributed by atoms with E-state index in [4.69, 9.17) is 5.11 Å². The molecular formula is C20H24N4O4. The number of likely N-dealkylation sites (N-methyl/N-ethyl adjacent to an activating group) is 1. The highest BCUT2D eigenvalue weighted by Crippen LogP contribution is 2.18. The summed E-state index contributed by atoms with van der Waals surface area (Å²) in [4.78, 5) is 39.2. The second-order valence-electron chi connectivity index (χ2n) is 7.11. The number of likely N-dealkylation sites (tertiary alicyclic amines) is 1. The van der Waals surface area contributed by atoms with Crippen molar-refractivity contribution in [1.29, 1.82) is 0 Å². The number of carboxylic acid groups (broad SMARTS) is 1. The van der Waals surface area contributed by atoms with Crippen LogP contribution in [0.3, 0.4) is 0 Å². The first kappa shape index (κ1) is 19.6. The van der Waals surface area contributed by atoms with Crippen LogP contribution in [0.5, 0.6) is 0 Å². The van der Waals surface area contributed by atoms with Gasteiger partial charge in [-0.3, -0.25) is 14.4 Å². The molecule has 8 heteroatoms. The van der Waals surface area contributed by atoms with Gasteiger partial charge in [-0.2, -0.15) is 5.10 Å². The van der Waals surface area contributed by atoms with E-state index in [2.05, 4.69) is 5.10 Å². The minimum absolute atomic E-state index is 0.0312. The van der Waals surface area contributed by atoms with Crippen LogP contribution in [0.25, 0.3) is 5.69 Å². The first-order chi connectivity index (χ1) is 13.4. The van der Waals surface area contributed by atoms with Crippen LogP contribution < -0.4 is 0 Å². The smallest absolute Gasteiger partial charge is 0.306 e. The van der Waals surface area contributed by atoms with Gasteiger partial charge in [0, 0.05) is 38.1 Å². The molecule has 2 heterocycles. The quantitative estimate of drug-likeness (QED) is 0.844. The first-order valence-electron chi connectivity index (χ1n) is 9.23. The van der Waals surface area contributed by atoms with E-state index >= 15 is 0 Å². The van der Waals surface area contributed by atoms with E-state index in [1.165, 1.54) is 4.90 Å². The van der Waals surface area contributed by atoms with Crippen molar-refractivity contribution in [2.75, 3.05) is 26.7 Å².